The predicted octanol–water partition coefficient (Wildman–Crippen LogP) is 2.95. The summed E-state index contributed by atoms with van der Waals surface area (Å²) in [7, 11) is 0. The SMILES string of the molecule is CC(=Cc1ccc(Br)cc1F)CN. The molecule has 0 spiro atoms. The molecular weight excluding hydrogens is 233 g/mol. The fourth-order valence-corrected chi connectivity index (χ4v) is 1.28. The van der Waals surface area contributed by atoms with Crippen molar-refractivity contribution in [3.8, 4) is 0 Å². The van der Waals surface area contributed by atoms with Crippen molar-refractivity contribution in [2.45, 2.75) is 6.92 Å². The van der Waals surface area contributed by atoms with E-state index in [-0.39, 0.29) is 5.82 Å². The van der Waals surface area contributed by atoms with Crippen LogP contribution in [0.25, 0.3) is 6.08 Å². The molecule has 0 aliphatic carbocycles. The van der Waals surface area contributed by atoms with Gasteiger partial charge in [0.25, 0.3) is 0 Å². The monoisotopic (exact) mass is 243 g/mol. The lowest BCUT2D eigenvalue weighted by Crippen LogP contribution is -1.99. The molecule has 0 unspecified atom stereocenters. The molecule has 0 fully saturated rings. The second kappa shape index (κ2) is 4.53. The standard InChI is InChI=1S/C10H11BrFN/c1-7(6-13)4-8-2-3-9(11)5-10(8)12/h2-5H,6,13H2,1H3. The maximum absolute atomic E-state index is 13.2. The largest absolute Gasteiger partial charge is 0.327 e. The minimum absolute atomic E-state index is 0.234. The van der Waals surface area contributed by atoms with Gasteiger partial charge in [0, 0.05) is 16.6 Å². The van der Waals surface area contributed by atoms with Gasteiger partial charge < -0.3 is 5.73 Å². The van der Waals surface area contributed by atoms with Crippen LogP contribution in [0, 0.1) is 5.82 Å². The van der Waals surface area contributed by atoms with E-state index in [1.165, 1.54) is 6.07 Å². The second-order valence-electron chi connectivity index (χ2n) is 2.86. The van der Waals surface area contributed by atoms with E-state index in [0.717, 1.165) is 10.0 Å². The Balaban J connectivity index is 3.03. The zero-order chi connectivity index (χ0) is 9.84. The summed E-state index contributed by atoms with van der Waals surface area (Å²) < 4.78 is 14.0. The van der Waals surface area contributed by atoms with Crippen molar-refractivity contribution in [2.75, 3.05) is 6.54 Å². The molecule has 0 aliphatic rings. The smallest absolute Gasteiger partial charge is 0.131 e. The van der Waals surface area contributed by atoms with Crippen molar-refractivity contribution in [3.05, 3.63) is 39.6 Å². The molecule has 0 heterocycles. The van der Waals surface area contributed by atoms with Crippen LogP contribution in [0.3, 0.4) is 0 Å². The lowest BCUT2D eigenvalue weighted by molar-refractivity contribution is 0.624. The van der Waals surface area contributed by atoms with E-state index in [0.29, 0.717) is 12.1 Å². The summed E-state index contributed by atoms with van der Waals surface area (Å²) >= 11 is 3.19. The summed E-state index contributed by atoms with van der Waals surface area (Å²) in [5.74, 6) is -0.234. The molecule has 0 amide bonds. The highest BCUT2D eigenvalue weighted by molar-refractivity contribution is 9.10. The van der Waals surface area contributed by atoms with Crippen LogP contribution in [0.2, 0.25) is 0 Å². The number of hydrogen-bond acceptors (Lipinski definition) is 1. The minimum Gasteiger partial charge on any atom is -0.327 e. The topological polar surface area (TPSA) is 26.0 Å². The first-order chi connectivity index (χ1) is 6.13. The van der Waals surface area contributed by atoms with Gasteiger partial charge in [-0.2, -0.15) is 0 Å². The van der Waals surface area contributed by atoms with Gasteiger partial charge in [-0.15, -0.1) is 0 Å². The molecule has 1 rings (SSSR count). The van der Waals surface area contributed by atoms with Crippen LogP contribution in [0.4, 0.5) is 4.39 Å². The van der Waals surface area contributed by atoms with Gasteiger partial charge in [-0.1, -0.05) is 33.6 Å². The average molecular weight is 244 g/mol. The third kappa shape index (κ3) is 2.94. The molecule has 0 saturated carbocycles. The van der Waals surface area contributed by atoms with Crippen molar-refractivity contribution >= 4 is 22.0 Å². The first-order valence-corrected chi connectivity index (χ1v) is 4.75. The molecule has 70 valence electrons. The van der Waals surface area contributed by atoms with Crippen LogP contribution in [-0.2, 0) is 0 Å². The molecule has 13 heavy (non-hydrogen) atoms. The fourth-order valence-electron chi connectivity index (χ4n) is 0.943. The molecule has 1 aromatic carbocycles. The van der Waals surface area contributed by atoms with Crippen LogP contribution in [0.1, 0.15) is 12.5 Å². The van der Waals surface area contributed by atoms with Crippen LogP contribution in [0.15, 0.2) is 28.2 Å². The molecule has 0 aliphatic heterocycles. The molecule has 1 aromatic rings. The number of benzene rings is 1. The first-order valence-electron chi connectivity index (χ1n) is 3.96. The fraction of sp³-hybridized carbons (Fsp3) is 0.200. The van der Waals surface area contributed by atoms with E-state index in [1.54, 1.807) is 18.2 Å². The highest BCUT2D eigenvalue weighted by Crippen LogP contribution is 2.17. The molecule has 3 heteroatoms. The quantitative estimate of drug-likeness (QED) is 0.850. The Morgan fingerprint density at radius 3 is 2.85 bits per heavy atom. The Hall–Kier alpha value is -0.670. The van der Waals surface area contributed by atoms with Crippen LogP contribution in [0.5, 0.6) is 0 Å². The molecule has 0 saturated heterocycles. The molecule has 2 N–H and O–H groups in total. The Bertz CT molecular complexity index is 334. The summed E-state index contributed by atoms with van der Waals surface area (Å²) in [5.41, 5.74) is 6.93. The summed E-state index contributed by atoms with van der Waals surface area (Å²) in [4.78, 5) is 0. The zero-order valence-corrected chi connectivity index (χ0v) is 8.94. The van der Waals surface area contributed by atoms with Gasteiger partial charge in [-0.3, -0.25) is 0 Å². The minimum atomic E-state index is -0.234. The van der Waals surface area contributed by atoms with Crippen LogP contribution >= 0.6 is 15.9 Å². The van der Waals surface area contributed by atoms with Gasteiger partial charge in [-0.25, -0.2) is 4.39 Å². The van der Waals surface area contributed by atoms with Gasteiger partial charge in [0.05, 0.1) is 0 Å². The number of nitrogens with two attached hydrogens (primary N) is 1. The molecule has 0 aromatic heterocycles. The van der Waals surface area contributed by atoms with Gasteiger partial charge >= 0.3 is 0 Å². The highest BCUT2D eigenvalue weighted by Gasteiger charge is 1.99. The summed E-state index contributed by atoms with van der Waals surface area (Å²) in [5, 5.41) is 0. The lowest BCUT2D eigenvalue weighted by Gasteiger charge is -1.99. The maximum atomic E-state index is 13.2. The second-order valence-corrected chi connectivity index (χ2v) is 3.78. The first kappa shape index (κ1) is 10.4. The Morgan fingerprint density at radius 2 is 2.31 bits per heavy atom. The molecule has 0 atom stereocenters. The van der Waals surface area contributed by atoms with Gasteiger partial charge in [0.1, 0.15) is 5.82 Å². The Kier molecular flexibility index (Phi) is 3.63. The number of halogens is 2. The Morgan fingerprint density at radius 1 is 1.62 bits per heavy atom. The third-order valence-corrected chi connectivity index (χ3v) is 2.18. The van der Waals surface area contributed by atoms with Crippen molar-refractivity contribution in [3.63, 3.8) is 0 Å². The van der Waals surface area contributed by atoms with E-state index < -0.39 is 0 Å². The van der Waals surface area contributed by atoms with Crippen molar-refractivity contribution in [2.24, 2.45) is 5.73 Å². The van der Waals surface area contributed by atoms with E-state index >= 15 is 0 Å². The van der Waals surface area contributed by atoms with Crippen LogP contribution in [-0.4, -0.2) is 6.54 Å². The highest BCUT2D eigenvalue weighted by atomic mass is 79.9. The van der Waals surface area contributed by atoms with Gasteiger partial charge in [-0.05, 0) is 19.1 Å². The number of hydrogen-bond donors (Lipinski definition) is 1. The van der Waals surface area contributed by atoms with E-state index in [9.17, 15) is 4.39 Å². The lowest BCUT2D eigenvalue weighted by atomic mass is 10.1. The zero-order valence-electron chi connectivity index (χ0n) is 7.35. The number of rotatable bonds is 2. The summed E-state index contributed by atoms with van der Waals surface area (Å²) in [6, 6.07) is 4.97. The van der Waals surface area contributed by atoms with E-state index in [1.807, 2.05) is 6.92 Å². The molecule has 1 nitrogen and oxygen atoms in total. The average Bonchev–Trinajstić information content (AvgIpc) is 2.09. The van der Waals surface area contributed by atoms with E-state index in [2.05, 4.69) is 15.9 Å². The molecule has 0 bridgehead atoms. The van der Waals surface area contributed by atoms with Crippen LogP contribution < -0.4 is 5.73 Å². The molecular formula is C10H11BrFN. The van der Waals surface area contributed by atoms with Gasteiger partial charge in [0.15, 0.2) is 0 Å². The van der Waals surface area contributed by atoms with Crippen molar-refractivity contribution in [1.29, 1.82) is 0 Å². The summed E-state index contributed by atoms with van der Waals surface area (Å²) in [6.45, 7) is 2.33. The van der Waals surface area contributed by atoms with Crippen molar-refractivity contribution in [1.82, 2.24) is 0 Å². The third-order valence-electron chi connectivity index (χ3n) is 1.69. The Labute approximate surface area is 85.6 Å². The molecule has 0 radical (unpaired) electrons. The predicted molar refractivity (Wildman–Crippen MR) is 56.8 cm³/mol. The van der Waals surface area contributed by atoms with Gasteiger partial charge in [0.2, 0.25) is 0 Å². The normalized spacial score (nSPS) is 11.8. The van der Waals surface area contributed by atoms with E-state index in [4.69, 9.17) is 5.73 Å². The summed E-state index contributed by atoms with van der Waals surface area (Å²) in [6.07, 6.45) is 1.75. The maximum Gasteiger partial charge on any atom is 0.131 e. The van der Waals surface area contributed by atoms with Crippen molar-refractivity contribution < 1.29 is 4.39 Å².